The number of carbonyl (C=O) groups excluding carboxylic acids is 1. The first-order valence-corrected chi connectivity index (χ1v) is 4.91. The highest BCUT2D eigenvalue weighted by atomic mass is 35.5. The van der Waals surface area contributed by atoms with Crippen LogP contribution < -0.4 is 10.5 Å². The minimum absolute atomic E-state index is 0.363. The van der Waals surface area contributed by atoms with Gasteiger partial charge in [0.05, 0.1) is 13.0 Å². The van der Waals surface area contributed by atoms with Gasteiger partial charge < -0.3 is 10.5 Å². The number of rotatable bonds is 4. The van der Waals surface area contributed by atoms with E-state index in [9.17, 15) is 4.79 Å². The van der Waals surface area contributed by atoms with E-state index in [1.807, 2.05) is 12.1 Å². The molecule has 0 fully saturated rings. The third kappa shape index (κ3) is 3.29. The molecule has 3 nitrogen and oxygen atoms in total. The molecule has 0 aliphatic carbocycles. The van der Waals surface area contributed by atoms with E-state index in [4.69, 9.17) is 22.1 Å². The van der Waals surface area contributed by atoms with E-state index >= 15 is 0 Å². The minimum atomic E-state index is -0.474. The molecule has 1 aromatic rings. The summed E-state index contributed by atoms with van der Waals surface area (Å²) >= 11 is 5.75. The van der Waals surface area contributed by atoms with Gasteiger partial charge in [0.25, 0.3) is 0 Å². The Hall–Kier alpha value is -1.48. The van der Waals surface area contributed by atoms with Gasteiger partial charge in [-0.25, -0.2) is 0 Å². The van der Waals surface area contributed by atoms with Crippen LogP contribution in [0.25, 0.3) is 6.08 Å². The number of ether oxygens (including phenoxy) is 1. The number of halogens is 1. The smallest absolute Gasteiger partial charge is 0.241 e. The molecule has 0 heterocycles. The van der Waals surface area contributed by atoms with E-state index in [-0.39, 0.29) is 0 Å². The zero-order valence-corrected chi connectivity index (χ0v) is 9.12. The average molecular weight is 226 g/mol. The number of primary amides is 1. The van der Waals surface area contributed by atoms with Gasteiger partial charge in [0, 0.05) is 11.6 Å². The van der Waals surface area contributed by atoms with E-state index in [1.54, 1.807) is 19.3 Å². The van der Waals surface area contributed by atoms with Crippen LogP contribution in [0.1, 0.15) is 11.1 Å². The quantitative estimate of drug-likeness (QED) is 0.629. The van der Waals surface area contributed by atoms with E-state index < -0.39 is 5.91 Å². The largest absolute Gasteiger partial charge is 0.496 e. The fourth-order valence-corrected chi connectivity index (χ4v) is 1.39. The molecule has 0 aliphatic heterocycles. The molecule has 80 valence electrons. The van der Waals surface area contributed by atoms with Crippen molar-refractivity contribution in [3.63, 3.8) is 0 Å². The predicted octanol–water partition coefficient (Wildman–Crippen LogP) is 1.93. The molecule has 15 heavy (non-hydrogen) atoms. The SMILES string of the molecule is COc1ccc(/C=C\C(N)=O)cc1CCl. The lowest BCUT2D eigenvalue weighted by molar-refractivity contribution is -0.113. The Balaban J connectivity index is 2.97. The zero-order valence-electron chi connectivity index (χ0n) is 8.37. The summed E-state index contributed by atoms with van der Waals surface area (Å²) in [4.78, 5) is 10.5. The van der Waals surface area contributed by atoms with Crippen molar-refractivity contribution in [2.75, 3.05) is 7.11 Å². The second-order valence-corrected chi connectivity index (χ2v) is 3.21. The molecule has 0 atom stereocenters. The highest BCUT2D eigenvalue weighted by Crippen LogP contribution is 2.22. The molecule has 4 heteroatoms. The molecule has 0 bridgehead atoms. The summed E-state index contributed by atoms with van der Waals surface area (Å²) < 4.78 is 5.12. The molecule has 0 saturated heterocycles. The van der Waals surface area contributed by atoms with Gasteiger partial charge in [0.2, 0.25) is 5.91 Å². The molecule has 1 amide bonds. The van der Waals surface area contributed by atoms with Crippen LogP contribution in [-0.4, -0.2) is 13.0 Å². The van der Waals surface area contributed by atoms with Crippen LogP contribution in [0, 0.1) is 0 Å². The van der Waals surface area contributed by atoms with Crippen LogP contribution in [0.5, 0.6) is 5.75 Å². The monoisotopic (exact) mass is 225 g/mol. The van der Waals surface area contributed by atoms with Crippen molar-refractivity contribution in [1.82, 2.24) is 0 Å². The first kappa shape index (κ1) is 11.6. The lowest BCUT2D eigenvalue weighted by Gasteiger charge is -2.06. The normalized spacial score (nSPS) is 10.5. The van der Waals surface area contributed by atoms with Crippen LogP contribution in [0.2, 0.25) is 0 Å². The number of alkyl halides is 1. The second-order valence-electron chi connectivity index (χ2n) is 2.94. The van der Waals surface area contributed by atoms with E-state index in [2.05, 4.69) is 0 Å². The fraction of sp³-hybridized carbons (Fsp3) is 0.182. The molecule has 0 radical (unpaired) electrons. The minimum Gasteiger partial charge on any atom is -0.496 e. The Labute approximate surface area is 93.5 Å². The van der Waals surface area contributed by atoms with Crippen LogP contribution in [0.3, 0.4) is 0 Å². The lowest BCUT2D eigenvalue weighted by Crippen LogP contribution is -2.05. The molecule has 0 aromatic heterocycles. The Kier molecular flexibility index (Phi) is 4.18. The summed E-state index contributed by atoms with van der Waals surface area (Å²) in [5.41, 5.74) is 6.74. The van der Waals surface area contributed by atoms with Crippen molar-refractivity contribution in [2.45, 2.75) is 5.88 Å². The number of hydrogen-bond donors (Lipinski definition) is 1. The molecule has 0 unspecified atom stereocenters. The lowest BCUT2D eigenvalue weighted by atomic mass is 10.1. The fourth-order valence-electron chi connectivity index (χ4n) is 1.18. The summed E-state index contributed by atoms with van der Waals surface area (Å²) in [6.45, 7) is 0. The van der Waals surface area contributed by atoms with Gasteiger partial charge in [-0.3, -0.25) is 4.79 Å². The number of amides is 1. The number of nitrogens with two attached hydrogens (primary N) is 1. The zero-order chi connectivity index (χ0) is 11.3. The van der Waals surface area contributed by atoms with Gasteiger partial charge in [-0.05, 0) is 23.8 Å². The van der Waals surface area contributed by atoms with Crippen LogP contribution in [-0.2, 0) is 10.7 Å². The molecule has 0 saturated carbocycles. The van der Waals surface area contributed by atoms with Gasteiger partial charge in [0.1, 0.15) is 5.75 Å². The van der Waals surface area contributed by atoms with Gasteiger partial charge in [0.15, 0.2) is 0 Å². The first-order valence-electron chi connectivity index (χ1n) is 4.37. The molecule has 0 spiro atoms. The van der Waals surface area contributed by atoms with E-state index in [1.165, 1.54) is 6.08 Å². The van der Waals surface area contributed by atoms with E-state index in [0.717, 1.165) is 16.9 Å². The third-order valence-electron chi connectivity index (χ3n) is 1.89. The topological polar surface area (TPSA) is 52.3 Å². The van der Waals surface area contributed by atoms with Gasteiger partial charge in [-0.1, -0.05) is 6.07 Å². The van der Waals surface area contributed by atoms with Crippen LogP contribution >= 0.6 is 11.6 Å². The van der Waals surface area contributed by atoms with Gasteiger partial charge >= 0.3 is 0 Å². The Morgan fingerprint density at radius 1 is 1.60 bits per heavy atom. The first-order chi connectivity index (χ1) is 7.17. The molecule has 1 aromatic carbocycles. The number of hydrogen-bond acceptors (Lipinski definition) is 2. The van der Waals surface area contributed by atoms with Crippen molar-refractivity contribution < 1.29 is 9.53 Å². The Morgan fingerprint density at radius 2 is 2.33 bits per heavy atom. The average Bonchev–Trinajstić information content (AvgIpc) is 2.25. The van der Waals surface area contributed by atoms with Crippen molar-refractivity contribution in [1.29, 1.82) is 0 Å². The number of carbonyl (C=O) groups is 1. The van der Waals surface area contributed by atoms with Gasteiger partial charge in [-0.15, -0.1) is 11.6 Å². The van der Waals surface area contributed by atoms with Crippen molar-refractivity contribution in [3.05, 3.63) is 35.4 Å². The third-order valence-corrected chi connectivity index (χ3v) is 2.18. The molecule has 2 N–H and O–H groups in total. The Morgan fingerprint density at radius 3 is 2.87 bits per heavy atom. The highest BCUT2D eigenvalue weighted by molar-refractivity contribution is 6.17. The maximum Gasteiger partial charge on any atom is 0.241 e. The summed E-state index contributed by atoms with van der Waals surface area (Å²) in [7, 11) is 1.59. The predicted molar refractivity (Wildman–Crippen MR) is 60.8 cm³/mol. The summed E-state index contributed by atoms with van der Waals surface area (Å²) in [6.07, 6.45) is 2.94. The molecular formula is C11H12ClNO2. The number of methoxy groups -OCH3 is 1. The van der Waals surface area contributed by atoms with Crippen LogP contribution in [0.4, 0.5) is 0 Å². The van der Waals surface area contributed by atoms with Crippen molar-refractivity contribution in [2.24, 2.45) is 5.73 Å². The van der Waals surface area contributed by atoms with Crippen molar-refractivity contribution >= 4 is 23.6 Å². The summed E-state index contributed by atoms with van der Waals surface area (Å²) in [5, 5.41) is 0. The molecule has 1 rings (SSSR count). The highest BCUT2D eigenvalue weighted by Gasteiger charge is 2.01. The Bertz CT molecular complexity index is 388. The van der Waals surface area contributed by atoms with Crippen molar-refractivity contribution in [3.8, 4) is 5.75 Å². The summed E-state index contributed by atoms with van der Waals surface area (Å²) in [5.74, 6) is 0.626. The molecular weight excluding hydrogens is 214 g/mol. The number of benzene rings is 1. The molecule has 0 aliphatic rings. The standard InChI is InChI=1S/C11H12ClNO2/c1-15-10-4-2-8(3-5-11(13)14)6-9(10)7-12/h2-6H,7H2,1H3,(H2,13,14)/b5-3-. The van der Waals surface area contributed by atoms with E-state index in [0.29, 0.717) is 5.88 Å². The second kappa shape index (κ2) is 5.41. The van der Waals surface area contributed by atoms with Gasteiger partial charge in [-0.2, -0.15) is 0 Å². The maximum absolute atomic E-state index is 10.5. The summed E-state index contributed by atoms with van der Waals surface area (Å²) in [6, 6.07) is 5.48. The maximum atomic E-state index is 10.5. The van der Waals surface area contributed by atoms with Crippen LogP contribution in [0.15, 0.2) is 24.3 Å².